The second kappa shape index (κ2) is 5.05. The zero-order valence-electron chi connectivity index (χ0n) is 10.4. The summed E-state index contributed by atoms with van der Waals surface area (Å²) in [5.74, 6) is 1.56. The number of fused-ring (bicyclic) bond motifs is 1. The molecule has 1 heterocycles. The van der Waals surface area contributed by atoms with E-state index >= 15 is 0 Å². The molecular formula is C15H12BrNO2. The summed E-state index contributed by atoms with van der Waals surface area (Å²) in [5, 5.41) is 0. The second-order valence-corrected chi connectivity index (χ2v) is 5.18. The summed E-state index contributed by atoms with van der Waals surface area (Å²) in [7, 11) is 0. The summed E-state index contributed by atoms with van der Waals surface area (Å²) in [4.78, 5) is 4.47. The van der Waals surface area contributed by atoms with E-state index < -0.39 is 0 Å². The van der Waals surface area contributed by atoms with Gasteiger partial charge in [-0.15, -0.1) is 0 Å². The van der Waals surface area contributed by atoms with Gasteiger partial charge in [0, 0.05) is 10.7 Å². The molecule has 1 aliphatic rings. The van der Waals surface area contributed by atoms with Crippen molar-refractivity contribution >= 4 is 27.8 Å². The van der Waals surface area contributed by atoms with Crippen molar-refractivity contribution in [1.29, 1.82) is 0 Å². The van der Waals surface area contributed by atoms with E-state index in [1.54, 1.807) is 0 Å². The molecule has 2 aromatic carbocycles. The van der Waals surface area contributed by atoms with Crippen molar-refractivity contribution in [3.05, 3.63) is 52.0 Å². The molecule has 0 N–H and O–H groups in total. The minimum absolute atomic E-state index is 0.291. The highest BCUT2D eigenvalue weighted by molar-refractivity contribution is 9.10. The lowest BCUT2D eigenvalue weighted by molar-refractivity contribution is 0.174. The Bertz CT molecular complexity index is 653. The second-order valence-electron chi connectivity index (χ2n) is 4.33. The molecule has 0 amide bonds. The van der Waals surface area contributed by atoms with Gasteiger partial charge in [-0.1, -0.05) is 6.07 Å². The number of aryl methyl sites for hydroxylation is 1. The Morgan fingerprint density at radius 1 is 1.11 bits per heavy atom. The molecule has 3 rings (SSSR count). The predicted octanol–water partition coefficient (Wildman–Crippen LogP) is 4.24. The summed E-state index contributed by atoms with van der Waals surface area (Å²) >= 11 is 3.51. The van der Waals surface area contributed by atoms with Crippen molar-refractivity contribution in [2.24, 2.45) is 4.99 Å². The van der Waals surface area contributed by atoms with Crippen LogP contribution < -0.4 is 9.47 Å². The van der Waals surface area contributed by atoms with Crippen molar-refractivity contribution in [2.45, 2.75) is 6.92 Å². The smallest absolute Gasteiger partial charge is 0.231 e. The molecule has 0 atom stereocenters. The fraction of sp³-hybridized carbons (Fsp3) is 0.133. The fourth-order valence-corrected chi connectivity index (χ4v) is 2.45. The quantitative estimate of drug-likeness (QED) is 0.776. The van der Waals surface area contributed by atoms with Gasteiger partial charge in [-0.2, -0.15) is 0 Å². The normalized spacial score (nSPS) is 13.2. The van der Waals surface area contributed by atoms with E-state index in [1.807, 2.05) is 42.6 Å². The zero-order chi connectivity index (χ0) is 13.2. The van der Waals surface area contributed by atoms with Crippen molar-refractivity contribution in [3.63, 3.8) is 0 Å². The molecular weight excluding hydrogens is 306 g/mol. The minimum atomic E-state index is 0.291. The molecule has 0 bridgehead atoms. The summed E-state index contributed by atoms with van der Waals surface area (Å²) in [6.45, 7) is 2.34. The molecule has 0 unspecified atom stereocenters. The number of ether oxygens (including phenoxy) is 2. The molecule has 0 aromatic heterocycles. The number of aliphatic imine (C=N–C) groups is 1. The Balaban J connectivity index is 1.86. The molecule has 0 spiro atoms. The van der Waals surface area contributed by atoms with Crippen LogP contribution in [0.25, 0.3) is 0 Å². The number of rotatable bonds is 2. The van der Waals surface area contributed by atoms with Gasteiger partial charge >= 0.3 is 0 Å². The third-order valence-corrected chi connectivity index (χ3v) is 3.49. The van der Waals surface area contributed by atoms with Gasteiger partial charge in [0.2, 0.25) is 6.79 Å². The highest BCUT2D eigenvalue weighted by Gasteiger charge is 2.12. The van der Waals surface area contributed by atoms with Crippen LogP contribution in [-0.4, -0.2) is 13.0 Å². The fourth-order valence-electron chi connectivity index (χ4n) is 1.85. The van der Waals surface area contributed by atoms with Crippen molar-refractivity contribution in [1.82, 2.24) is 0 Å². The molecule has 96 valence electrons. The van der Waals surface area contributed by atoms with Crippen LogP contribution in [-0.2, 0) is 0 Å². The SMILES string of the molecule is Cc1ccc(N=Cc2ccc3c(c2)OCO3)c(Br)c1. The highest BCUT2D eigenvalue weighted by Crippen LogP contribution is 2.32. The zero-order valence-corrected chi connectivity index (χ0v) is 12.0. The Morgan fingerprint density at radius 3 is 2.79 bits per heavy atom. The van der Waals surface area contributed by atoms with Crippen LogP contribution in [0.1, 0.15) is 11.1 Å². The maximum absolute atomic E-state index is 5.34. The molecule has 3 nitrogen and oxygen atoms in total. The van der Waals surface area contributed by atoms with Gasteiger partial charge in [0.15, 0.2) is 11.5 Å². The van der Waals surface area contributed by atoms with Gasteiger partial charge in [-0.3, -0.25) is 4.99 Å². The predicted molar refractivity (Wildman–Crippen MR) is 78.7 cm³/mol. The van der Waals surface area contributed by atoms with E-state index in [4.69, 9.17) is 9.47 Å². The van der Waals surface area contributed by atoms with E-state index in [-0.39, 0.29) is 0 Å². The summed E-state index contributed by atoms with van der Waals surface area (Å²) < 4.78 is 11.6. The number of hydrogen-bond acceptors (Lipinski definition) is 3. The van der Waals surface area contributed by atoms with Crippen LogP contribution in [0.15, 0.2) is 45.9 Å². The number of benzene rings is 2. The maximum Gasteiger partial charge on any atom is 0.231 e. The average Bonchev–Trinajstić information content (AvgIpc) is 2.85. The molecule has 1 aliphatic heterocycles. The molecule has 0 fully saturated rings. The van der Waals surface area contributed by atoms with E-state index in [9.17, 15) is 0 Å². The van der Waals surface area contributed by atoms with Crippen molar-refractivity contribution in [3.8, 4) is 11.5 Å². The standard InChI is InChI=1S/C15H12BrNO2/c1-10-2-4-13(12(16)6-10)17-8-11-3-5-14-15(7-11)19-9-18-14/h2-8H,9H2,1H3. The van der Waals surface area contributed by atoms with Crippen LogP contribution >= 0.6 is 15.9 Å². The number of nitrogens with zero attached hydrogens (tertiary/aromatic N) is 1. The van der Waals surface area contributed by atoms with E-state index in [2.05, 4.69) is 27.8 Å². The Labute approximate surface area is 120 Å². The third kappa shape index (κ3) is 2.63. The third-order valence-electron chi connectivity index (χ3n) is 2.85. The van der Waals surface area contributed by atoms with Gasteiger partial charge in [0.25, 0.3) is 0 Å². The van der Waals surface area contributed by atoms with E-state index in [1.165, 1.54) is 5.56 Å². The summed E-state index contributed by atoms with van der Waals surface area (Å²) in [6, 6.07) is 11.9. The topological polar surface area (TPSA) is 30.8 Å². The largest absolute Gasteiger partial charge is 0.454 e. The Kier molecular flexibility index (Phi) is 3.25. The van der Waals surface area contributed by atoms with Gasteiger partial charge in [0.1, 0.15) is 0 Å². The first-order valence-corrected chi connectivity index (χ1v) is 6.71. The highest BCUT2D eigenvalue weighted by atomic mass is 79.9. The van der Waals surface area contributed by atoms with Crippen molar-refractivity contribution < 1.29 is 9.47 Å². The Hall–Kier alpha value is -1.81. The lowest BCUT2D eigenvalue weighted by atomic mass is 10.2. The molecule has 0 radical (unpaired) electrons. The van der Waals surface area contributed by atoms with Gasteiger partial charge in [-0.25, -0.2) is 0 Å². The van der Waals surface area contributed by atoms with Crippen LogP contribution in [0.5, 0.6) is 11.5 Å². The van der Waals surface area contributed by atoms with Crippen LogP contribution in [0.4, 0.5) is 5.69 Å². The first-order chi connectivity index (χ1) is 9.22. The minimum Gasteiger partial charge on any atom is -0.454 e. The molecule has 19 heavy (non-hydrogen) atoms. The van der Waals surface area contributed by atoms with E-state index in [0.717, 1.165) is 27.2 Å². The van der Waals surface area contributed by atoms with Crippen LogP contribution in [0.2, 0.25) is 0 Å². The Morgan fingerprint density at radius 2 is 1.95 bits per heavy atom. The lowest BCUT2D eigenvalue weighted by Gasteiger charge is -2.00. The van der Waals surface area contributed by atoms with Gasteiger partial charge in [-0.05, 0) is 64.3 Å². The average molecular weight is 318 g/mol. The maximum atomic E-state index is 5.34. The van der Waals surface area contributed by atoms with E-state index in [0.29, 0.717) is 6.79 Å². The first-order valence-electron chi connectivity index (χ1n) is 5.92. The monoisotopic (exact) mass is 317 g/mol. The lowest BCUT2D eigenvalue weighted by Crippen LogP contribution is -1.92. The van der Waals surface area contributed by atoms with Crippen LogP contribution in [0.3, 0.4) is 0 Å². The summed E-state index contributed by atoms with van der Waals surface area (Å²) in [5.41, 5.74) is 3.09. The molecule has 4 heteroatoms. The number of hydrogen-bond donors (Lipinski definition) is 0. The molecule has 2 aromatic rings. The number of halogens is 1. The van der Waals surface area contributed by atoms with Crippen LogP contribution in [0, 0.1) is 6.92 Å². The van der Waals surface area contributed by atoms with Crippen molar-refractivity contribution in [2.75, 3.05) is 6.79 Å². The van der Waals surface area contributed by atoms with Gasteiger partial charge in [0.05, 0.1) is 5.69 Å². The van der Waals surface area contributed by atoms with Gasteiger partial charge < -0.3 is 9.47 Å². The molecule has 0 saturated heterocycles. The molecule has 0 saturated carbocycles. The molecule has 0 aliphatic carbocycles. The first kappa shape index (κ1) is 12.2. The summed E-state index contributed by atoms with van der Waals surface area (Å²) in [6.07, 6.45) is 1.82.